The fourth-order valence-corrected chi connectivity index (χ4v) is 2.30. The van der Waals surface area contributed by atoms with Crippen LogP contribution in [0.4, 0.5) is 0 Å². The Morgan fingerprint density at radius 3 is 2.16 bits per heavy atom. The van der Waals surface area contributed by atoms with Crippen molar-refractivity contribution in [2.24, 2.45) is 5.73 Å². The van der Waals surface area contributed by atoms with Crippen LogP contribution < -0.4 is 5.73 Å². The lowest BCUT2D eigenvalue weighted by molar-refractivity contribution is 0.603. The summed E-state index contributed by atoms with van der Waals surface area (Å²) in [4.78, 5) is 0. The van der Waals surface area contributed by atoms with Crippen LogP contribution >= 0.6 is 0 Å². The first-order valence-corrected chi connectivity index (χ1v) is 7.18. The highest BCUT2D eigenvalue weighted by molar-refractivity contribution is 5.29. The molecule has 0 radical (unpaired) electrons. The van der Waals surface area contributed by atoms with Gasteiger partial charge in [0.15, 0.2) is 0 Å². The van der Waals surface area contributed by atoms with E-state index in [1.165, 1.54) is 29.5 Å². The second-order valence-electron chi connectivity index (χ2n) is 5.15. The molecule has 0 saturated carbocycles. The van der Waals surface area contributed by atoms with Gasteiger partial charge >= 0.3 is 0 Å². The van der Waals surface area contributed by atoms with Crippen molar-refractivity contribution in [3.05, 3.63) is 71.3 Å². The van der Waals surface area contributed by atoms with Crippen molar-refractivity contribution >= 4 is 0 Å². The molecule has 0 spiro atoms. The molecule has 19 heavy (non-hydrogen) atoms. The van der Waals surface area contributed by atoms with Crippen LogP contribution in [0, 0.1) is 0 Å². The smallest absolute Gasteiger partial charge is 0.0294 e. The monoisotopic (exact) mass is 253 g/mol. The zero-order chi connectivity index (χ0) is 13.5. The van der Waals surface area contributed by atoms with E-state index >= 15 is 0 Å². The van der Waals surface area contributed by atoms with Crippen LogP contribution in [0.2, 0.25) is 0 Å². The molecule has 1 unspecified atom stereocenters. The van der Waals surface area contributed by atoms with E-state index in [1.807, 2.05) is 0 Å². The third-order valence-electron chi connectivity index (χ3n) is 3.53. The van der Waals surface area contributed by atoms with Crippen molar-refractivity contribution in [3.8, 4) is 0 Å². The van der Waals surface area contributed by atoms with Gasteiger partial charge in [-0.2, -0.15) is 0 Å². The second-order valence-corrected chi connectivity index (χ2v) is 5.15. The van der Waals surface area contributed by atoms with Crippen molar-refractivity contribution in [1.29, 1.82) is 0 Å². The lowest BCUT2D eigenvalue weighted by atomic mass is 9.98. The van der Waals surface area contributed by atoms with E-state index in [-0.39, 0.29) is 6.04 Å². The molecule has 0 aliphatic rings. The van der Waals surface area contributed by atoms with Crippen molar-refractivity contribution in [2.75, 3.05) is 0 Å². The molecule has 0 heterocycles. The van der Waals surface area contributed by atoms with E-state index < -0.39 is 0 Å². The zero-order valence-electron chi connectivity index (χ0n) is 11.7. The molecule has 0 saturated heterocycles. The summed E-state index contributed by atoms with van der Waals surface area (Å²) in [6, 6.07) is 19.5. The standard InChI is InChI=1S/C18H23N/c1-2-3-9-18(19)17-12-10-16(11-13-17)14-15-7-5-4-6-8-15/h4-8,10-13,18H,2-3,9,14,19H2,1H3. The summed E-state index contributed by atoms with van der Waals surface area (Å²) in [5, 5.41) is 0. The summed E-state index contributed by atoms with van der Waals surface area (Å²) in [6.45, 7) is 2.20. The molecule has 100 valence electrons. The molecule has 0 aliphatic carbocycles. The lowest BCUT2D eigenvalue weighted by Gasteiger charge is -2.12. The number of rotatable bonds is 6. The Kier molecular flexibility index (Phi) is 5.17. The number of unbranched alkanes of at least 4 members (excludes halogenated alkanes) is 1. The molecule has 0 bridgehead atoms. The maximum Gasteiger partial charge on any atom is 0.0294 e. The summed E-state index contributed by atoms with van der Waals surface area (Å²) >= 11 is 0. The van der Waals surface area contributed by atoms with E-state index in [0.717, 1.165) is 12.8 Å². The molecule has 2 N–H and O–H groups in total. The maximum atomic E-state index is 6.18. The Bertz CT molecular complexity index is 473. The molecule has 2 rings (SSSR count). The molecule has 1 nitrogen and oxygen atoms in total. The molecule has 2 aromatic carbocycles. The van der Waals surface area contributed by atoms with Crippen molar-refractivity contribution in [3.63, 3.8) is 0 Å². The Hall–Kier alpha value is -1.60. The third kappa shape index (κ3) is 4.22. The molecule has 1 atom stereocenters. The highest BCUT2D eigenvalue weighted by Gasteiger charge is 2.05. The number of hydrogen-bond donors (Lipinski definition) is 1. The first-order chi connectivity index (χ1) is 9.29. The van der Waals surface area contributed by atoms with Gasteiger partial charge in [-0.1, -0.05) is 74.4 Å². The first kappa shape index (κ1) is 13.8. The highest BCUT2D eigenvalue weighted by Crippen LogP contribution is 2.18. The summed E-state index contributed by atoms with van der Waals surface area (Å²) in [5.74, 6) is 0. The molecule has 0 aromatic heterocycles. The predicted octanol–water partition coefficient (Wildman–Crippen LogP) is 4.47. The van der Waals surface area contributed by atoms with Crippen molar-refractivity contribution in [1.82, 2.24) is 0 Å². The molecule has 0 fully saturated rings. The van der Waals surface area contributed by atoms with Crippen LogP contribution in [0.25, 0.3) is 0 Å². The zero-order valence-corrected chi connectivity index (χ0v) is 11.7. The lowest BCUT2D eigenvalue weighted by Crippen LogP contribution is -2.09. The van der Waals surface area contributed by atoms with Crippen LogP contribution in [-0.4, -0.2) is 0 Å². The number of nitrogens with two attached hydrogens (primary N) is 1. The molecule has 0 amide bonds. The normalized spacial score (nSPS) is 12.3. The minimum Gasteiger partial charge on any atom is -0.324 e. The van der Waals surface area contributed by atoms with Crippen LogP contribution in [0.15, 0.2) is 54.6 Å². The summed E-state index contributed by atoms with van der Waals surface area (Å²) in [5.41, 5.74) is 10.1. The van der Waals surface area contributed by atoms with E-state index in [4.69, 9.17) is 5.73 Å². The SMILES string of the molecule is CCCCC(N)c1ccc(Cc2ccccc2)cc1. The molecular weight excluding hydrogens is 230 g/mol. The van der Waals surface area contributed by atoms with E-state index in [9.17, 15) is 0 Å². The fourth-order valence-electron chi connectivity index (χ4n) is 2.30. The maximum absolute atomic E-state index is 6.18. The molecule has 0 aliphatic heterocycles. The van der Waals surface area contributed by atoms with E-state index in [2.05, 4.69) is 61.5 Å². The van der Waals surface area contributed by atoms with Crippen LogP contribution in [0.5, 0.6) is 0 Å². The van der Waals surface area contributed by atoms with Gasteiger partial charge in [-0.15, -0.1) is 0 Å². The minimum absolute atomic E-state index is 0.186. The van der Waals surface area contributed by atoms with Crippen molar-refractivity contribution in [2.45, 2.75) is 38.6 Å². The van der Waals surface area contributed by atoms with Gasteiger partial charge in [-0.3, -0.25) is 0 Å². The topological polar surface area (TPSA) is 26.0 Å². The van der Waals surface area contributed by atoms with Crippen LogP contribution in [0.1, 0.15) is 48.9 Å². The van der Waals surface area contributed by atoms with Gasteiger partial charge in [-0.25, -0.2) is 0 Å². The molecular formula is C18H23N. The largest absolute Gasteiger partial charge is 0.324 e. The fraction of sp³-hybridized carbons (Fsp3) is 0.333. The van der Waals surface area contributed by atoms with Gasteiger partial charge in [0.1, 0.15) is 0 Å². The van der Waals surface area contributed by atoms with Gasteiger partial charge < -0.3 is 5.73 Å². The first-order valence-electron chi connectivity index (χ1n) is 7.18. The van der Waals surface area contributed by atoms with Crippen LogP contribution in [0.3, 0.4) is 0 Å². The average molecular weight is 253 g/mol. The Morgan fingerprint density at radius 2 is 1.53 bits per heavy atom. The van der Waals surface area contributed by atoms with Gasteiger partial charge in [0.05, 0.1) is 0 Å². The van der Waals surface area contributed by atoms with Gasteiger partial charge in [0.2, 0.25) is 0 Å². The van der Waals surface area contributed by atoms with Crippen molar-refractivity contribution < 1.29 is 0 Å². The average Bonchev–Trinajstić information content (AvgIpc) is 2.46. The van der Waals surface area contributed by atoms with Gasteiger partial charge in [0.25, 0.3) is 0 Å². The van der Waals surface area contributed by atoms with Gasteiger partial charge in [0, 0.05) is 6.04 Å². The molecule has 2 aromatic rings. The molecule has 1 heteroatoms. The Balaban J connectivity index is 1.98. The quantitative estimate of drug-likeness (QED) is 0.807. The summed E-state index contributed by atoms with van der Waals surface area (Å²) in [6.07, 6.45) is 4.48. The van der Waals surface area contributed by atoms with Crippen LogP contribution in [-0.2, 0) is 6.42 Å². The van der Waals surface area contributed by atoms with E-state index in [1.54, 1.807) is 0 Å². The summed E-state index contributed by atoms with van der Waals surface area (Å²) < 4.78 is 0. The number of benzene rings is 2. The van der Waals surface area contributed by atoms with Gasteiger partial charge in [-0.05, 0) is 29.5 Å². The summed E-state index contributed by atoms with van der Waals surface area (Å²) in [7, 11) is 0. The third-order valence-corrected chi connectivity index (χ3v) is 3.53. The minimum atomic E-state index is 0.186. The highest BCUT2D eigenvalue weighted by atomic mass is 14.6. The van der Waals surface area contributed by atoms with E-state index in [0.29, 0.717) is 0 Å². The number of hydrogen-bond acceptors (Lipinski definition) is 1. The Labute approximate surface area is 116 Å². The predicted molar refractivity (Wildman–Crippen MR) is 82.1 cm³/mol. The Morgan fingerprint density at radius 1 is 0.895 bits per heavy atom. The second kappa shape index (κ2) is 7.10.